The van der Waals surface area contributed by atoms with Gasteiger partial charge in [-0.1, -0.05) is 54.7 Å². The molecule has 0 amide bonds. The quantitative estimate of drug-likeness (QED) is 0.845. The average Bonchev–Trinajstić information content (AvgIpc) is 2.39. The van der Waals surface area contributed by atoms with Crippen LogP contribution in [0.5, 0.6) is 0 Å². The van der Waals surface area contributed by atoms with Crippen molar-refractivity contribution in [2.75, 3.05) is 6.54 Å². The molecule has 1 heteroatoms. The van der Waals surface area contributed by atoms with Gasteiger partial charge in [-0.15, -0.1) is 0 Å². The van der Waals surface area contributed by atoms with Crippen molar-refractivity contribution in [3.8, 4) is 0 Å². The van der Waals surface area contributed by atoms with Crippen molar-refractivity contribution >= 4 is 6.08 Å². The van der Waals surface area contributed by atoms with Crippen molar-refractivity contribution in [3.63, 3.8) is 0 Å². The summed E-state index contributed by atoms with van der Waals surface area (Å²) in [5.74, 6) is 0.726. The molecule has 98 valence electrons. The number of benzene rings is 1. The predicted molar refractivity (Wildman–Crippen MR) is 79.5 cm³/mol. The Labute approximate surface area is 111 Å². The fourth-order valence-electron chi connectivity index (χ4n) is 3.00. The molecule has 18 heavy (non-hydrogen) atoms. The second-order valence-corrected chi connectivity index (χ2v) is 5.62. The van der Waals surface area contributed by atoms with E-state index in [-0.39, 0.29) is 0 Å². The molecule has 0 aliphatic heterocycles. The molecule has 0 spiro atoms. The van der Waals surface area contributed by atoms with Gasteiger partial charge in [0.15, 0.2) is 0 Å². The van der Waals surface area contributed by atoms with Gasteiger partial charge in [-0.05, 0) is 43.7 Å². The first-order chi connectivity index (χ1) is 8.70. The van der Waals surface area contributed by atoms with Crippen molar-refractivity contribution in [3.05, 3.63) is 40.5 Å². The lowest BCUT2D eigenvalue weighted by atomic mass is 9.83. The molecular formula is C17H25N. The van der Waals surface area contributed by atoms with E-state index in [1.54, 1.807) is 0 Å². The maximum absolute atomic E-state index is 5.96. The van der Waals surface area contributed by atoms with Crippen LogP contribution in [0.1, 0.15) is 48.8 Å². The van der Waals surface area contributed by atoms with Crippen LogP contribution in [0.3, 0.4) is 0 Å². The minimum Gasteiger partial charge on any atom is -0.327 e. The standard InChI is InChI=1S/C17H25N/c1-13-8-9-16(14(2)10-13)11-17(12-18)15-6-4-3-5-7-15/h8-11,15H,3-7,12,18H2,1-2H3. The van der Waals surface area contributed by atoms with Crippen LogP contribution in [0.15, 0.2) is 23.8 Å². The van der Waals surface area contributed by atoms with Gasteiger partial charge in [0.05, 0.1) is 0 Å². The Morgan fingerprint density at radius 1 is 1.22 bits per heavy atom. The van der Waals surface area contributed by atoms with Gasteiger partial charge in [0.25, 0.3) is 0 Å². The molecule has 1 nitrogen and oxygen atoms in total. The van der Waals surface area contributed by atoms with Crippen molar-refractivity contribution in [2.24, 2.45) is 11.7 Å². The summed E-state index contributed by atoms with van der Waals surface area (Å²) < 4.78 is 0. The van der Waals surface area contributed by atoms with E-state index in [4.69, 9.17) is 5.73 Å². The molecule has 1 aromatic rings. The number of nitrogens with two attached hydrogens (primary N) is 1. The van der Waals surface area contributed by atoms with Crippen LogP contribution in [0.4, 0.5) is 0 Å². The second-order valence-electron chi connectivity index (χ2n) is 5.62. The lowest BCUT2D eigenvalue weighted by Crippen LogP contribution is -2.16. The third-order valence-electron chi connectivity index (χ3n) is 4.13. The van der Waals surface area contributed by atoms with Gasteiger partial charge < -0.3 is 5.73 Å². The van der Waals surface area contributed by atoms with Gasteiger partial charge in [-0.2, -0.15) is 0 Å². The fourth-order valence-corrected chi connectivity index (χ4v) is 3.00. The van der Waals surface area contributed by atoms with Gasteiger partial charge >= 0.3 is 0 Å². The summed E-state index contributed by atoms with van der Waals surface area (Å²) in [7, 11) is 0. The summed E-state index contributed by atoms with van der Waals surface area (Å²) in [4.78, 5) is 0. The highest BCUT2D eigenvalue weighted by atomic mass is 14.5. The maximum atomic E-state index is 5.96. The van der Waals surface area contributed by atoms with Crippen molar-refractivity contribution in [1.82, 2.24) is 0 Å². The molecule has 0 heterocycles. The van der Waals surface area contributed by atoms with Gasteiger partial charge in [0, 0.05) is 6.54 Å². The SMILES string of the molecule is Cc1ccc(C=C(CN)C2CCCCC2)c(C)c1. The van der Waals surface area contributed by atoms with Crippen LogP contribution in [-0.2, 0) is 0 Å². The van der Waals surface area contributed by atoms with Gasteiger partial charge in [0.2, 0.25) is 0 Å². The van der Waals surface area contributed by atoms with Crippen LogP contribution < -0.4 is 5.73 Å². The van der Waals surface area contributed by atoms with E-state index in [9.17, 15) is 0 Å². The van der Waals surface area contributed by atoms with Crippen LogP contribution in [0, 0.1) is 19.8 Å². The second kappa shape index (κ2) is 6.19. The molecule has 1 fully saturated rings. The minimum atomic E-state index is 0.706. The fraction of sp³-hybridized carbons (Fsp3) is 0.529. The Kier molecular flexibility index (Phi) is 4.60. The van der Waals surface area contributed by atoms with E-state index < -0.39 is 0 Å². The van der Waals surface area contributed by atoms with Crippen molar-refractivity contribution < 1.29 is 0 Å². The summed E-state index contributed by atoms with van der Waals surface area (Å²) in [6.45, 7) is 5.04. The highest BCUT2D eigenvalue weighted by molar-refractivity contribution is 5.58. The maximum Gasteiger partial charge on any atom is 0.0142 e. The largest absolute Gasteiger partial charge is 0.327 e. The zero-order chi connectivity index (χ0) is 13.0. The molecule has 0 unspecified atom stereocenters. The third kappa shape index (κ3) is 3.23. The summed E-state index contributed by atoms with van der Waals surface area (Å²) in [5, 5.41) is 0. The van der Waals surface area contributed by atoms with Gasteiger partial charge in [-0.3, -0.25) is 0 Å². The molecule has 1 saturated carbocycles. The van der Waals surface area contributed by atoms with Crippen molar-refractivity contribution in [1.29, 1.82) is 0 Å². The Morgan fingerprint density at radius 3 is 2.56 bits per heavy atom. The monoisotopic (exact) mass is 243 g/mol. The first-order valence-electron chi connectivity index (χ1n) is 7.18. The Balaban J connectivity index is 2.22. The smallest absolute Gasteiger partial charge is 0.0142 e. The topological polar surface area (TPSA) is 26.0 Å². The molecule has 0 aromatic heterocycles. The molecule has 0 atom stereocenters. The molecular weight excluding hydrogens is 218 g/mol. The first-order valence-corrected chi connectivity index (χ1v) is 7.18. The molecule has 2 rings (SSSR count). The highest BCUT2D eigenvalue weighted by Crippen LogP contribution is 2.30. The Bertz CT molecular complexity index is 425. The van der Waals surface area contributed by atoms with E-state index in [1.807, 2.05) is 0 Å². The van der Waals surface area contributed by atoms with E-state index >= 15 is 0 Å². The summed E-state index contributed by atoms with van der Waals surface area (Å²) >= 11 is 0. The number of rotatable bonds is 3. The average molecular weight is 243 g/mol. The molecule has 2 N–H and O–H groups in total. The van der Waals surface area contributed by atoms with Crippen LogP contribution in [0.2, 0.25) is 0 Å². The Morgan fingerprint density at radius 2 is 1.94 bits per heavy atom. The summed E-state index contributed by atoms with van der Waals surface area (Å²) in [6, 6.07) is 6.66. The van der Waals surface area contributed by atoms with Crippen LogP contribution >= 0.6 is 0 Å². The Hall–Kier alpha value is -1.08. The van der Waals surface area contributed by atoms with E-state index in [0.29, 0.717) is 6.54 Å². The molecule has 1 aliphatic rings. The van der Waals surface area contributed by atoms with Crippen LogP contribution in [-0.4, -0.2) is 6.54 Å². The highest BCUT2D eigenvalue weighted by Gasteiger charge is 2.16. The zero-order valence-corrected chi connectivity index (χ0v) is 11.7. The molecule has 1 aliphatic carbocycles. The lowest BCUT2D eigenvalue weighted by Gasteiger charge is -2.24. The number of hydrogen-bond acceptors (Lipinski definition) is 1. The molecule has 0 saturated heterocycles. The number of hydrogen-bond donors (Lipinski definition) is 1. The molecule has 0 radical (unpaired) electrons. The van der Waals surface area contributed by atoms with E-state index in [1.165, 1.54) is 54.4 Å². The summed E-state index contributed by atoms with van der Waals surface area (Å²) in [5.41, 5.74) is 11.4. The predicted octanol–water partition coefficient (Wildman–Crippen LogP) is 4.23. The minimum absolute atomic E-state index is 0.706. The third-order valence-corrected chi connectivity index (χ3v) is 4.13. The van der Waals surface area contributed by atoms with Gasteiger partial charge in [-0.25, -0.2) is 0 Å². The van der Waals surface area contributed by atoms with Gasteiger partial charge in [0.1, 0.15) is 0 Å². The normalized spacial score (nSPS) is 18.1. The van der Waals surface area contributed by atoms with E-state index in [0.717, 1.165) is 5.92 Å². The van der Waals surface area contributed by atoms with Crippen molar-refractivity contribution in [2.45, 2.75) is 46.0 Å². The molecule has 0 bridgehead atoms. The zero-order valence-electron chi connectivity index (χ0n) is 11.7. The molecule has 1 aromatic carbocycles. The first kappa shape index (κ1) is 13.4. The van der Waals surface area contributed by atoms with E-state index in [2.05, 4.69) is 38.1 Å². The lowest BCUT2D eigenvalue weighted by molar-refractivity contribution is 0.401. The van der Waals surface area contributed by atoms with Crippen LogP contribution in [0.25, 0.3) is 6.08 Å². The summed E-state index contributed by atoms with van der Waals surface area (Å²) in [6.07, 6.45) is 9.13. The number of aryl methyl sites for hydroxylation is 2.